The summed E-state index contributed by atoms with van der Waals surface area (Å²) in [6.07, 6.45) is 0. The van der Waals surface area contributed by atoms with Crippen LogP contribution in [0.2, 0.25) is 0 Å². The van der Waals surface area contributed by atoms with E-state index in [-0.39, 0.29) is 18.1 Å². The Morgan fingerprint density at radius 1 is 1.31 bits per heavy atom. The minimum absolute atomic E-state index is 0.0330. The van der Waals surface area contributed by atoms with Gasteiger partial charge in [-0.15, -0.1) is 5.10 Å². The number of aromatic nitrogens is 2. The second kappa shape index (κ2) is 12.0. The molecule has 2 heterocycles. The van der Waals surface area contributed by atoms with Gasteiger partial charge in [-0.2, -0.15) is 10.4 Å². The number of hydrogen-bond donors (Lipinski definition) is 1. The second-order valence-corrected chi connectivity index (χ2v) is 6.72. The van der Waals surface area contributed by atoms with E-state index in [0.29, 0.717) is 44.4 Å². The molecule has 0 spiro atoms. The first-order valence-corrected chi connectivity index (χ1v) is 9.85. The van der Waals surface area contributed by atoms with Crippen LogP contribution in [0.1, 0.15) is 26.5 Å². The highest BCUT2D eigenvalue weighted by atomic mass is 16.6. The van der Waals surface area contributed by atoms with Gasteiger partial charge in [0.25, 0.3) is 0 Å². The van der Waals surface area contributed by atoms with Crippen LogP contribution in [0.3, 0.4) is 0 Å². The van der Waals surface area contributed by atoms with Crippen LogP contribution in [0, 0.1) is 17.2 Å². The zero-order valence-corrected chi connectivity index (χ0v) is 17.3. The quantitative estimate of drug-likeness (QED) is 0.268. The smallest absolute Gasteiger partial charge is 0.350 e. The predicted octanol–water partition coefficient (Wildman–Crippen LogP) is 1.42. The van der Waals surface area contributed by atoms with Gasteiger partial charge in [0.2, 0.25) is 0 Å². The third-order valence-corrected chi connectivity index (χ3v) is 4.33. The average molecular weight is 403 g/mol. The van der Waals surface area contributed by atoms with Crippen molar-refractivity contribution in [3.05, 3.63) is 29.1 Å². The number of allylic oxidation sites excluding steroid dienone is 1. The molecular formula is C20H29N5O4. The van der Waals surface area contributed by atoms with Crippen LogP contribution < -0.4 is 10.2 Å². The van der Waals surface area contributed by atoms with Crippen molar-refractivity contribution in [1.82, 2.24) is 15.5 Å². The lowest BCUT2D eigenvalue weighted by atomic mass is 10.0. The average Bonchev–Trinajstić information content (AvgIpc) is 2.75. The third kappa shape index (κ3) is 7.00. The molecule has 0 saturated carbocycles. The van der Waals surface area contributed by atoms with Gasteiger partial charge in [0.15, 0.2) is 11.4 Å². The molecule has 0 aromatic carbocycles. The van der Waals surface area contributed by atoms with E-state index in [9.17, 15) is 10.1 Å². The van der Waals surface area contributed by atoms with Gasteiger partial charge < -0.3 is 24.4 Å². The maximum atomic E-state index is 12.3. The van der Waals surface area contributed by atoms with E-state index >= 15 is 0 Å². The predicted molar refractivity (Wildman–Crippen MR) is 107 cm³/mol. The van der Waals surface area contributed by atoms with E-state index in [4.69, 9.17) is 14.2 Å². The van der Waals surface area contributed by atoms with Crippen molar-refractivity contribution in [2.75, 3.05) is 51.0 Å². The second-order valence-electron chi connectivity index (χ2n) is 6.72. The summed E-state index contributed by atoms with van der Waals surface area (Å²) in [6, 6.07) is 5.76. The van der Waals surface area contributed by atoms with E-state index in [2.05, 4.69) is 20.4 Å². The van der Waals surface area contributed by atoms with Gasteiger partial charge >= 0.3 is 5.97 Å². The first kappa shape index (κ1) is 22.6. The SMILES string of the molecule is CCOCCOC(=O)/C(C#N)=C(\NCc1ccc(N2CCOCC2)nn1)C(C)C. The number of anilines is 1. The first-order valence-electron chi connectivity index (χ1n) is 9.85. The molecule has 0 bridgehead atoms. The summed E-state index contributed by atoms with van der Waals surface area (Å²) < 4.78 is 15.6. The summed E-state index contributed by atoms with van der Waals surface area (Å²) in [5.41, 5.74) is 1.20. The number of nitriles is 1. The normalized spacial score (nSPS) is 14.9. The van der Waals surface area contributed by atoms with Crippen molar-refractivity contribution in [2.24, 2.45) is 5.92 Å². The van der Waals surface area contributed by atoms with Crippen molar-refractivity contribution >= 4 is 11.8 Å². The maximum Gasteiger partial charge on any atom is 0.350 e. The number of carbonyl (C=O) groups is 1. The van der Waals surface area contributed by atoms with E-state index < -0.39 is 5.97 Å². The summed E-state index contributed by atoms with van der Waals surface area (Å²) in [5, 5.41) is 21.2. The van der Waals surface area contributed by atoms with Crippen molar-refractivity contribution in [2.45, 2.75) is 27.3 Å². The van der Waals surface area contributed by atoms with Gasteiger partial charge in [0.05, 0.1) is 32.1 Å². The van der Waals surface area contributed by atoms with Crippen molar-refractivity contribution in [3.8, 4) is 6.07 Å². The van der Waals surface area contributed by atoms with Crippen LogP contribution in [0.15, 0.2) is 23.4 Å². The van der Waals surface area contributed by atoms with Gasteiger partial charge in [-0.05, 0) is 25.0 Å². The monoisotopic (exact) mass is 403 g/mol. The molecule has 29 heavy (non-hydrogen) atoms. The number of nitrogens with zero attached hydrogens (tertiary/aromatic N) is 4. The Morgan fingerprint density at radius 3 is 2.66 bits per heavy atom. The van der Waals surface area contributed by atoms with Crippen LogP contribution >= 0.6 is 0 Å². The fourth-order valence-electron chi connectivity index (χ4n) is 2.80. The maximum absolute atomic E-state index is 12.3. The Kier molecular flexibility index (Phi) is 9.34. The molecule has 1 N–H and O–H groups in total. The van der Waals surface area contributed by atoms with E-state index in [1.165, 1.54) is 0 Å². The van der Waals surface area contributed by atoms with Crippen LogP contribution in [0.25, 0.3) is 0 Å². The molecule has 1 saturated heterocycles. The molecule has 2 rings (SSSR count). The molecule has 1 aromatic rings. The number of nitrogens with one attached hydrogen (secondary N) is 1. The molecule has 1 aliphatic rings. The highest BCUT2D eigenvalue weighted by Crippen LogP contribution is 2.15. The number of morpholine rings is 1. The van der Waals surface area contributed by atoms with Crippen molar-refractivity contribution in [1.29, 1.82) is 5.26 Å². The first-order chi connectivity index (χ1) is 14.1. The van der Waals surface area contributed by atoms with Crippen molar-refractivity contribution in [3.63, 3.8) is 0 Å². The molecule has 158 valence electrons. The summed E-state index contributed by atoms with van der Waals surface area (Å²) in [4.78, 5) is 14.4. The third-order valence-electron chi connectivity index (χ3n) is 4.33. The number of esters is 1. The fraction of sp³-hybridized carbons (Fsp3) is 0.600. The molecule has 9 nitrogen and oxygen atoms in total. The van der Waals surface area contributed by atoms with Crippen LogP contribution in [-0.2, 0) is 25.5 Å². The Hall–Kier alpha value is -2.70. The van der Waals surface area contributed by atoms with Crippen LogP contribution in [-0.4, -0.2) is 62.3 Å². The van der Waals surface area contributed by atoms with Gasteiger partial charge in [0.1, 0.15) is 12.7 Å². The lowest BCUT2D eigenvalue weighted by Gasteiger charge is -2.27. The zero-order valence-electron chi connectivity index (χ0n) is 17.3. The summed E-state index contributed by atoms with van der Waals surface area (Å²) >= 11 is 0. The van der Waals surface area contributed by atoms with Gasteiger partial charge in [-0.25, -0.2) is 4.79 Å². The number of carbonyl (C=O) groups excluding carboxylic acids is 1. The molecule has 1 aliphatic heterocycles. The van der Waals surface area contributed by atoms with E-state index in [1.54, 1.807) is 0 Å². The summed E-state index contributed by atoms with van der Waals surface area (Å²) in [5.74, 6) is 0.0918. The number of rotatable bonds is 10. The van der Waals surface area contributed by atoms with Gasteiger partial charge in [-0.3, -0.25) is 0 Å². The topological polar surface area (TPSA) is 110 Å². The molecular weight excluding hydrogens is 374 g/mol. The van der Waals surface area contributed by atoms with Gasteiger partial charge in [-0.1, -0.05) is 13.8 Å². The Labute approximate surface area is 171 Å². The molecule has 1 fully saturated rings. The number of ether oxygens (including phenoxy) is 3. The molecule has 1 aromatic heterocycles. The van der Waals surface area contributed by atoms with E-state index in [1.807, 2.05) is 39.0 Å². The highest BCUT2D eigenvalue weighted by molar-refractivity contribution is 5.93. The molecule has 0 unspecified atom stereocenters. The zero-order chi connectivity index (χ0) is 21.1. The van der Waals surface area contributed by atoms with Crippen LogP contribution in [0.4, 0.5) is 5.82 Å². The minimum Gasteiger partial charge on any atom is -0.459 e. The Morgan fingerprint density at radius 2 is 2.07 bits per heavy atom. The number of hydrogen-bond acceptors (Lipinski definition) is 9. The summed E-state index contributed by atoms with van der Waals surface area (Å²) in [6.45, 7) is 9.93. The lowest BCUT2D eigenvalue weighted by Crippen LogP contribution is -2.36. The van der Waals surface area contributed by atoms with E-state index in [0.717, 1.165) is 18.9 Å². The highest BCUT2D eigenvalue weighted by Gasteiger charge is 2.20. The standard InChI is InChI=1S/C20H29N5O4/c1-4-27-11-12-29-20(26)17(13-21)19(15(2)3)22-14-16-5-6-18(24-23-16)25-7-9-28-10-8-25/h5-6,15,22H,4,7-12,14H2,1-3H3/b19-17-. The molecule has 0 amide bonds. The summed E-state index contributed by atoms with van der Waals surface area (Å²) in [7, 11) is 0. The Balaban J connectivity index is 2.00. The lowest BCUT2D eigenvalue weighted by molar-refractivity contribution is -0.140. The minimum atomic E-state index is -0.655. The van der Waals surface area contributed by atoms with Gasteiger partial charge in [0, 0.05) is 25.4 Å². The molecule has 9 heteroatoms. The largest absolute Gasteiger partial charge is 0.459 e. The fourth-order valence-corrected chi connectivity index (χ4v) is 2.80. The molecule has 0 radical (unpaired) electrons. The molecule has 0 atom stereocenters. The van der Waals surface area contributed by atoms with Crippen molar-refractivity contribution < 1.29 is 19.0 Å². The van der Waals surface area contributed by atoms with Crippen LogP contribution in [0.5, 0.6) is 0 Å². The Bertz CT molecular complexity index is 721. The molecule has 0 aliphatic carbocycles.